The molecule has 5 saturated heterocycles. The van der Waals surface area contributed by atoms with Gasteiger partial charge < -0.3 is 39.0 Å². The van der Waals surface area contributed by atoms with Crippen molar-refractivity contribution >= 4 is 55.5 Å². The van der Waals surface area contributed by atoms with Crippen molar-refractivity contribution in [2.24, 2.45) is 11.3 Å². The highest BCUT2D eigenvalue weighted by molar-refractivity contribution is 7.91. The number of hydrazine groups is 1. The highest BCUT2D eigenvalue weighted by atomic mass is 32.2. The number of amides is 2. The first-order chi connectivity index (χ1) is 36.0. The second-order valence-corrected chi connectivity index (χ2v) is 26.2. The monoisotopic (exact) mass is 1070 g/mol. The van der Waals surface area contributed by atoms with Crippen LogP contribution in [-0.2, 0) is 56.1 Å². The van der Waals surface area contributed by atoms with Gasteiger partial charge in [-0.15, -0.1) is 11.3 Å². The summed E-state index contributed by atoms with van der Waals surface area (Å²) in [6, 6.07) is 6.84. The molecule has 0 spiro atoms. The minimum atomic E-state index is -3.07. The zero-order valence-electron chi connectivity index (χ0n) is 44.4. The molecule has 12 rings (SSSR count). The fourth-order valence-corrected chi connectivity index (χ4v) is 14.9. The van der Waals surface area contributed by atoms with Crippen molar-refractivity contribution in [3.8, 4) is 22.5 Å². The topological polar surface area (TPSA) is 199 Å². The van der Waals surface area contributed by atoms with E-state index in [4.69, 9.17) is 28.9 Å². The quantitative estimate of drug-likeness (QED) is 0.137. The zero-order valence-corrected chi connectivity index (χ0v) is 46.0. The van der Waals surface area contributed by atoms with Crippen LogP contribution in [0.1, 0.15) is 114 Å². The number of likely N-dealkylation sites (N-methyl/N-ethyl adjacent to an activating group) is 1. The van der Waals surface area contributed by atoms with E-state index in [9.17, 15) is 22.8 Å². The third-order valence-electron chi connectivity index (χ3n) is 17.0. The molecule has 7 fully saturated rings. The van der Waals surface area contributed by atoms with Crippen LogP contribution < -0.4 is 21.0 Å². The second kappa shape index (κ2) is 21.0. The molecule has 3 N–H and O–H groups in total. The number of benzene rings is 1. The largest absolute Gasteiger partial charge is 0.464 e. The maximum Gasteiger partial charge on any atom is 0.324 e. The first-order valence-electron chi connectivity index (χ1n) is 27.4. The lowest BCUT2D eigenvalue weighted by atomic mass is 9.72. The van der Waals surface area contributed by atoms with Gasteiger partial charge in [0.05, 0.1) is 78.0 Å². The van der Waals surface area contributed by atoms with Gasteiger partial charge in [0.25, 0.3) is 11.8 Å². The minimum Gasteiger partial charge on any atom is -0.464 e. The van der Waals surface area contributed by atoms with Crippen LogP contribution in [0.3, 0.4) is 0 Å². The fourth-order valence-electron chi connectivity index (χ4n) is 12.5. The number of methoxy groups -OCH3 is 1. The van der Waals surface area contributed by atoms with E-state index in [0.717, 1.165) is 76.5 Å². The Balaban J connectivity index is 1.04. The Bertz CT molecular complexity index is 2890. The van der Waals surface area contributed by atoms with E-state index < -0.39 is 44.9 Å². The Morgan fingerprint density at radius 2 is 1.80 bits per heavy atom. The summed E-state index contributed by atoms with van der Waals surface area (Å²) in [5.74, 6) is -0.581. The summed E-state index contributed by atoms with van der Waals surface area (Å²) in [5.41, 5.74) is 9.04. The molecule has 18 nitrogen and oxygen atoms in total. The molecule has 8 aliphatic rings. The van der Waals surface area contributed by atoms with Gasteiger partial charge in [-0.1, -0.05) is 26.8 Å². The predicted molar refractivity (Wildman–Crippen MR) is 287 cm³/mol. The average molecular weight is 1070 g/mol. The van der Waals surface area contributed by atoms with E-state index in [1.54, 1.807) is 7.11 Å². The number of nitrogens with zero attached hydrogens (tertiary/aromatic N) is 6. The molecule has 2 saturated carbocycles. The van der Waals surface area contributed by atoms with Crippen molar-refractivity contribution in [1.29, 1.82) is 0 Å². The molecule has 9 heterocycles. The molecule has 1 aromatic carbocycles. The third kappa shape index (κ3) is 10.6. The SMILES string of the molecule is CCN[C@@H]1c2nc(cs2)-c2ccc3c(c2)c(c(-c2cc(N4CCN(C5CC5)CC4)cnc2[C@H](C)OC)n3CCOC2CCS(=O)(=O)CC2)CC(C)(C)COC(=O)[C@@H]2CCCN(N2)C(=O)[C@H]1NC(=O)C12CC(C1)[C@@H](C)O2. The van der Waals surface area contributed by atoms with Crippen LogP contribution in [-0.4, -0.2) is 158 Å². The summed E-state index contributed by atoms with van der Waals surface area (Å²) in [4.78, 5) is 59.1. The number of carbonyl (C=O) groups is 3. The summed E-state index contributed by atoms with van der Waals surface area (Å²) in [5, 5.41) is 11.8. The number of rotatable bonds is 13. The van der Waals surface area contributed by atoms with Gasteiger partial charge in [-0.05, 0) is 108 Å². The van der Waals surface area contributed by atoms with Crippen LogP contribution in [0.15, 0.2) is 35.8 Å². The number of hydrogen-bond donors (Lipinski definition) is 3. The van der Waals surface area contributed by atoms with Crippen molar-refractivity contribution in [1.82, 2.24) is 40.5 Å². The number of anilines is 1. The van der Waals surface area contributed by atoms with Crippen molar-refractivity contribution in [2.45, 2.75) is 147 Å². The lowest BCUT2D eigenvalue weighted by Gasteiger charge is -2.39. The molecule has 2 aliphatic carbocycles. The predicted octanol–water partition coefficient (Wildman–Crippen LogP) is 5.74. The molecular formula is C55H75N9O9S2. The molecule has 4 aromatic rings. The Kier molecular flexibility index (Phi) is 14.7. The van der Waals surface area contributed by atoms with Gasteiger partial charge in [-0.3, -0.25) is 29.3 Å². The molecule has 0 radical (unpaired) electrons. The first-order valence-corrected chi connectivity index (χ1v) is 30.1. The normalized spacial score (nSPS) is 28.7. The number of nitrogens with one attached hydrogen (secondary N) is 3. The number of fused-ring (bicyclic) bond motifs is 7. The molecule has 5 atom stereocenters. The van der Waals surface area contributed by atoms with Gasteiger partial charge in [0.1, 0.15) is 22.7 Å². The van der Waals surface area contributed by atoms with Crippen LogP contribution in [0.5, 0.6) is 0 Å². The Labute approximate surface area is 444 Å². The lowest BCUT2D eigenvalue weighted by Crippen LogP contribution is -2.64. The number of ether oxygens (including phenoxy) is 4. The number of esters is 1. The standard InChI is InChI=1S/C55H75N9O9S2/c1-7-56-47-48(59-53(67)55-27-36(28-55)33(2)73-55)51(65)64-16-8-9-43(60-64)52(66)72-32-54(4,5)29-42-40-25-35(44-31-74-50(47)58-44)10-13-45(40)63(21-22-71-39-14-23-75(68,69)24-15-39)49(42)41-26-38(30-57-46(41)34(3)70-6)62-19-17-61(18-20-62)37-11-12-37/h10,13,25-26,30-31,33-34,36-37,39,43,47-48,56,60H,7-9,11-12,14-24,27-29,32H2,1-6H3,(H,59,67)/t33-,34+,36?,43+,47+,48+,55?/m1/s1. The summed E-state index contributed by atoms with van der Waals surface area (Å²) in [7, 11) is -1.36. The summed E-state index contributed by atoms with van der Waals surface area (Å²) < 4.78 is 52.3. The Morgan fingerprint density at radius 3 is 2.51 bits per heavy atom. The molecule has 6 aliphatic heterocycles. The van der Waals surface area contributed by atoms with Crippen molar-refractivity contribution in [3.63, 3.8) is 0 Å². The van der Waals surface area contributed by atoms with E-state index in [0.29, 0.717) is 88.2 Å². The number of cyclic esters (lactones) is 1. The number of aromatic nitrogens is 3. The maximum atomic E-state index is 15.0. The molecule has 8 bridgehead atoms. The van der Waals surface area contributed by atoms with Gasteiger partial charge in [-0.2, -0.15) is 0 Å². The average Bonchev–Trinajstić information content (AvgIpc) is 3.75. The lowest BCUT2D eigenvalue weighted by molar-refractivity contribution is -0.157. The van der Waals surface area contributed by atoms with Gasteiger partial charge in [0, 0.05) is 85.2 Å². The van der Waals surface area contributed by atoms with Crippen LogP contribution in [0.2, 0.25) is 0 Å². The van der Waals surface area contributed by atoms with Crippen LogP contribution in [0, 0.1) is 11.3 Å². The van der Waals surface area contributed by atoms with Gasteiger partial charge in [0.15, 0.2) is 9.84 Å². The maximum absolute atomic E-state index is 15.0. The molecular weight excluding hydrogens is 995 g/mol. The highest BCUT2D eigenvalue weighted by Gasteiger charge is 2.61. The molecule has 406 valence electrons. The van der Waals surface area contributed by atoms with Gasteiger partial charge >= 0.3 is 5.97 Å². The van der Waals surface area contributed by atoms with Crippen molar-refractivity contribution in [2.75, 3.05) is 76.0 Å². The van der Waals surface area contributed by atoms with Gasteiger partial charge in [-0.25, -0.2) is 18.8 Å². The summed E-state index contributed by atoms with van der Waals surface area (Å²) in [6.45, 7) is 15.8. The third-order valence-corrected chi connectivity index (χ3v) is 19.7. The Hall–Kier alpha value is -4.54. The first kappa shape index (κ1) is 52.5. The smallest absolute Gasteiger partial charge is 0.324 e. The molecule has 75 heavy (non-hydrogen) atoms. The highest BCUT2D eigenvalue weighted by Crippen LogP contribution is 2.52. The summed E-state index contributed by atoms with van der Waals surface area (Å²) in [6.07, 6.45) is 7.67. The molecule has 2 amide bonds. The minimum absolute atomic E-state index is 0.0390. The summed E-state index contributed by atoms with van der Waals surface area (Å²) >= 11 is 1.44. The van der Waals surface area contributed by atoms with E-state index in [2.05, 4.69) is 68.5 Å². The Morgan fingerprint density at radius 1 is 1.03 bits per heavy atom. The number of thiazole rings is 1. The molecule has 0 unspecified atom stereocenters. The van der Waals surface area contributed by atoms with E-state index >= 15 is 0 Å². The molecule has 3 aromatic heterocycles. The zero-order chi connectivity index (χ0) is 52.4. The van der Waals surface area contributed by atoms with Crippen LogP contribution >= 0.6 is 11.3 Å². The number of carbonyl (C=O) groups excluding carboxylic acids is 3. The number of pyridine rings is 1. The number of sulfone groups is 1. The van der Waals surface area contributed by atoms with Crippen LogP contribution in [0.4, 0.5) is 5.69 Å². The fraction of sp³-hybridized carbons (Fsp3) is 0.655. The second-order valence-electron chi connectivity index (χ2n) is 23.0. The van der Waals surface area contributed by atoms with E-state index in [1.807, 2.05) is 32.3 Å². The number of hydrogen-bond acceptors (Lipinski definition) is 16. The van der Waals surface area contributed by atoms with Gasteiger partial charge in [0.2, 0.25) is 0 Å². The van der Waals surface area contributed by atoms with E-state index in [-0.39, 0.29) is 48.2 Å². The van der Waals surface area contributed by atoms with Crippen LogP contribution in [0.25, 0.3) is 33.4 Å². The van der Waals surface area contributed by atoms with Crippen molar-refractivity contribution in [3.05, 3.63) is 52.1 Å². The number of piperazine rings is 1. The van der Waals surface area contributed by atoms with Crippen molar-refractivity contribution < 1.29 is 41.7 Å². The molecule has 20 heteroatoms. The van der Waals surface area contributed by atoms with E-state index in [1.165, 1.54) is 29.2 Å².